The number of aromatic nitrogens is 2. The first-order valence-electron chi connectivity index (χ1n) is 4.71. The number of imidazole rings is 1. The molecule has 84 valence electrons. The Morgan fingerprint density at radius 3 is 3.00 bits per heavy atom. The highest BCUT2D eigenvalue weighted by Gasteiger charge is 2.04. The highest BCUT2D eigenvalue weighted by Crippen LogP contribution is 1.95. The van der Waals surface area contributed by atoms with Gasteiger partial charge in [0.05, 0.1) is 6.54 Å². The number of aryl methyl sites for hydroxylation is 1. The van der Waals surface area contributed by atoms with Gasteiger partial charge in [0.1, 0.15) is 6.20 Å². The summed E-state index contributed by atoms with van der Waals surface area (Å²) in [7, 11) is 0. The van der Waals surface area contributed by atoms with Crippen LogP contribution in [0.2, 0.25) is 0 Å². The Hall–Kier alpha value is -0.850. The summed E-state index contributed by atoms with van der Waals surface area (Å²) in [6, 6.07) is 0. The van der Waals surface area contributed by atoms with E-state index >= 15 is 0 Å². The van der Waals surface area contributed by atoms with Crippen molar-refractivity contribution in [2.45, 2.75) is 26.3 Å². The summed E-state index contributed by atoms with van der Waals surface area (Å²) in [6.07, 6.45) is 8.59. The molecule has 1 aromatic rings. The average Bonchev–Trinajstić information content (AvgIpc) is 2.58. The van der Waals surface area contributed by atoms with Crippen LogP contribution in [0.4, 0.5) is 0 Å². The number of aromatic amines is 1. The monoisotopic (exact) mass is 322 g/mol. The van der Waals surface area contributed by atoms with Crippen molar-refractivity contribution in [2.24, 2.45) is 0 Å². The summed E-state index contributed by atoms with van der Waals surface area (Å²) in [5, 5.41) is 8.47. The van der Waals surface area contributed by atoms with Crippen molar-refractivity contribution >= 4 is 12.0 Å². The lowest BCUT2D eigenvalue weighted by Crippen LogP contribution is -3.00. The average molecular weight is 322 g/mol. The highest BCUT2D eigenvalue weighted by atomic mass is 127. The van der Waals surface area contributed by atoms with E-state index in [4.69, 9.17) is 5.11 Å². The lowest BCUT2D eigenvalue weighted by molar-refractivity contribution is -0.697. The standard InChI is InChI=1S/C10H14N2O2.HI/c1-2-3-6-12-8-11-7-9(12)4-5-10(13)14;/h4-5,7-8H,2-3,6H2,1H3,(H,13,14);1H/b5-4+;. The summed E-state index contributed by atoms with van der Waals surface area (Å²) in [5.74, 6) is -0.923. The Morgan fingerprint density at radius 2 is 2.40 bits per heavy atom. The zero-order chi connectivity index (χ0) is 10.4. The first-order chi connectivity index (χ1) is 6.74. The molecular formula is C10H15IN2O2. The van der Waals surface area contributed by atoms with E-state index in [2.05, 4.69) is 11.9 Å². The van der Waals surface area contributed by atoms with Crippen LogP contribution in [-0.4, -0.2) is 16.1 Å². The van der Waals surface area contributed by atoms with Crippen molar-refractivity contribution < 1.29 is 38.4 Å². The minimum absolute atomic E-state index is 0. The van der Waals surface area contributed by atoms with E-state index in [1.54, 1.807) is 12.3 Å². The third kappa shape index (κ3) is 4.96. The molecule has 0 radical (unpaired) electrons. The number of halogens is 1. The number of carbonyl (C=O) groups is 1. The molecule has 0 saturated carbocycles. The third-order valence-electron chi connectivity index (χ3n) is 1.94. The summed E-state index contributed by atoms with van der Waals surface area (Å²) in [4.78, 5) is 13.3. The molecule has 0 amide bonds. The molecular weight excluding hydrogens is 307 g/mol. The van der Waals surface area contributed by atoms with Gasteiger partial charge in [0.15, 0.2) is 5.69 Å². The molecule has 0 unspecified atom stereocenters. The van der Waals surface area contributed by atoms with Crippen molar-refractivity contribution in [3.63, 3.8) is 0 Å². The second-order valence-electron chi connectivity index (χ2n) is 3.08. The van der Waals surface area contributed by atoms with Crippen LogP contribution in [-0.2, 0) is 11.3 Å². The molecule has 0 aromatic carbocycles. The predicted octanol–water partition coefficient (Wildman–Crippen LogP) is -1.80. The molecule has 0 saturated heterocycles. The van der Waals surface area contributed by atoms with Gasteiger partial charge >= 0.3 is 5.97 Å². The Bertz CT molecular complexity index is 334. The van der Waals surface area contributed by atoms with Crippen molar-refractivity contribution in [1.29, 1.82) is 0 Å². The molecule has 0 fully saturated rings. The van der Waals surface area contributed by atoms with Crippen LogP contribution in [0.5, 0.6) is 0 Å². The molecule has 0 bridgehead atoms. The van der Waals surface area contributed by atoms with E-state index < -0.39 is 5.97 Å². The predicted molar refractivity (Wildman–Crippen MR) is 52.6 cm³/mol. The Morgan fingerprint density at radius 1 is 1.67 bits per heavy atom. The van der Waals surface area contributed by atoms with Crippen LogP contribution in [0.3, 0.4) is 0 Å². The van der Waals surface area contributed by atoms with Gasteiger partial charge in [-0.15, -0.1) is 0 Å². The van der Waals surface area contributed by atoms with Crippen LogP contribution >= 0.6 is 0 Å². The number of H-pyrrole nitrogens is 1. The van der Waals surface area contributed by atoms with Crippen LogP contribution in [0.1, 0.15) is 25.5 Å². The molecule has 0 aliphatic heterocycles. The number of aliphatic carboxylic acids is 1. The van der Waals surface area contributed by atoms with Crippen LogP contribution in [0, 0.1) is 0 Å². The molecule has 0 aliphatic carbocycles. The number of hydrogen-bond acceptors (Lipinski definition) is 1. The Kier molecular flexibility index (Phi) is 7.02. The van der Waals surface area contributed by atoms with Gasteiger partial charge in [0.2, 0.25) is 6.33 Å². The smallest absolute Gasteiger partial charge is 0.328 e. The van der Waals surface area contributed by atoms with Crippen LogP contribution < -0.4 is 28.5 Å². The molecule has 0 spiro atoms. The van der Waals surface area contributed by atoms with Crippen molar-refractivity contribution in [1.82, 2.24) is 4.98 Å². The quantitative estimate of drug-likeness (QED) is 0.382. The summed E-state index contributed by atoms with van der Waals surface area (Å²) >= 11 is 0. The van der Waals surface area contributed by atoms with E-state index in [9.17, 15) is 4.79 Å². The Balaban J connectivity index is 0.00000196. The van der Waals surface area contributed by atoms with E-state index in [1.165, 1.54) is 0 Å². The van der Waals surface area contributed by atoms with Crippen molar-refractivity contribution in [3.05, 3.63) is 24.3 Å². The maximum absolute atomic E-state index is 10.3. The molecule has 1 heterocycles. The first-order valence-corrected chi connectivity index (χ1v) is 4.71. The second kappa shape index (κ2) is 7.44. The maximum Gasteiger partial charge on any atom is 0.328 e. The topological polar surface area (TPSA) is 57.0 Å². The number of nitrogens with zero attached hydrogens (tertiary/aromatic N) is 1. The van der Waals surface area contributed by atoms with Gasteiger partial charge in [0.25, 0.3) is 0 Å². The largest absolute Gasteiger partial charge is 1.00 e. The van der Waals surface area contributed by atoms with Crippen molar-refractivity contribution in [3.8, 4) is 0 Å². The number of unbranched alkanes of at least 4 members (excludes halogenated alkanes) is 1. The first kappa shape index (κ1) is 14.2. The Labute approximate surface area is 106 Å². The normalized spacial score (nSPS) is 10.2. The van der Waals surface area contributed by atoms with Gasteiger partial charge in [-0.1, -0.05) is 13.3 Å². The van der Waals surface area contributed by atoms with Crippen molar-refractivity contribution in [2.75, 3.05) is 0 Å². The zero-order valence-electron chi connectivity index (χ0n) is 8.61. The number of carboxylic acids is 1. The molecule has 2 N–H and O–H groups in total. The minimum Gasteiger partial charge on any atom is -1.00 e. The molecule has 0 atom stereocenters. The van der Waals surface area contributed by atoms with Crippen LogP contribution in [0.15, 0.2) is 18.6 Å². The second-order valence-corrected chi connectivity index (χ2v) is 3.08. The van der Waals surface area contributed by atoms with E-state index in [0.717, 1.165) is 31.2 Å². The fraction of sp³-hybridized carbons (Fsp3) is 0.400. The summed E-state index contributed by atoms with van der Waals surface area (Å²) in [6.45, 7) is 3.04. The van der Waals surface area contributed by atoms with E-state index in [-0.39, 0.29) is 24.0 Å². The lowest BCUT2D eigenvalue weighted by Gasteiger charge is -1.95. The number of nitrogens with one attached hydrogen (secondary N) is 1. The molecule has 15 heavy (non-hydrogen) atoms. The highest BCUT2D eigenvalue weighted by molar-refractivity contribution is 5.84. The van der Waals surface area contributed by atoms with Gasteiger partial charge < -0.3 is 29.1 Å². The number of carboxylic acid groups (broad SMARTS) is 1. The third-order valence-corrected chi connectivity index (χ3v) is 1.94. The summed E-state index contributed by atoms with van der Waals surface area (Å²) in [5.41, 5.74) is 0.890. The molecule has 4 nitrogen and oxygen atoms in total. The maximum atomic E-state index is 10.3. The van der Waals surface area contributed by atoms with Gasteiger partial charge in [-0.25, -0.2) is 14.3 Å². The van der Waals surface area contributed by atoms with E-state index in [1.807, 2.05) is 10.9 Å². The fourth-order valence-electron chi connectivity index (χ4n) is 1.19. The molecule has 1 rings (SSSR count). The summed E-state index contributed by atoms with van der Waals surface area (Å²) < 4.78 is 2.00. The number of hydrogen-bond donors (Lipinski definition) is 2. The van der Waals surface area contributed by atoms with Gasteiger partial charge in [-0.2, -0.15) is 0 Å². The van der Waals surface area contributed by atoms with E-state index in [0.29, 0.717) is 0 Å². The SMILES string of the molecule is CCCC[n+]1c[nH]cc1/C=C/C(=O)O.[I-]. The minimum atomic E-state index is -0.923. The number of rotatable bonds is 5. The lowest BCUT2D eigenvalue weighted by atomic mass is 10.3. The van der Waals surface area contributed by atoms with Gasteiger partial charge in [0, 0.05) is 6.08 Å². The van der Waals surface area contributed by atoms with Gasteiger partial charge in [-0.3, -0.25) is 0 Å². The molecule has 0 aliphatic rings. The zero-order valence-corrected chi connectivity index (χ0v) is 10.8. The van der Waals surface area contributed by atoms with Gasteiger partial charge in [-0.05, 0) is 12.5 Å². The molecule has 5 heteroatoms. The van der Waals surface area contributed by atoms with Crippen LogP contribution in [0.25, 0.3) is 6.08 Å². The molecule has 1 aromatic heterocycles. The fourth-order valence-corrected chi connectivity index (χ4v) is 1.19.